The van der Waals surface area contributed by atoms with Crippen molar-refractivity contribution in [3.05, 3.63) is 41.7 Å². The number of rotatable bonds is 5. The first-order chi connectivity index (χ1) is 11.7. The maximum atomic E-state index is 12.6. The van der Waals surface area contributed by atoms with Crippen molar-refractivity contribution in [3.63, 3.8) is 0 Å². The van der Waals surface area contributed by atoms with E-state index in [2.05, 4.69) is 15.5 Å². The molecule has 1 unspecified atom stereocenters. The Bertz CT molecular complexity index is 687. The van der Waals surface area contributed by atoms with Crippen LogP contribution in [0.4, 0.5) is 4.79 Å². The molecule has 0 spiro atoms. The van der Waals surface area contributed by atoms with E-state index in [9.17, 15) is 4.79 Å². The minimum Gasteiger partial charge on any atom is -0.497 e. The number of nitrogens with zero attached hydrogens (tertiary/aromatic N) is 2. The molecule has 7 nitrogen and oxygen atoms in total. The largest absolute Gasteiger partial charge is 0.497 e. The first kappa shape index (κ1) is 16.2. The van der Waals surface area contributed by atoms with Gasteiger partial charge in [-0.25, -0.2) is 4.79 Å². The minimum atomic E-state index is -0.0861. The van der Waals surface area contributed by atoms with Crippen LogP contribution in [0.1, 0.15) is 30.1 Å². The molecule has 1 aromatic carbocycles. The quantitative estimate of drug-likeness (QED) is 0.883. The van der Waals surface area contributed by atoms with Crippen LogP contribution in [0.15, 0.2) is 30.5 Å². The number of aromatic amines is 1. The number of hydrogen-bond donors (Lipinski definition) is 2. The first-order valence-electron chi connectivity index (χ1n) is 7.97. The van der Waals surface area contributed by atoms with Crippen LogP contribution in [0, 0.1) is 0 Å². The number of amides is 2. The number of likely N-dealkylation sites (tertiary alicyclic amines) is 1. The van der Waals surface area contributed by atoms with Crippen LogP contribution in [-0.2, 0) is 6.54 Å². The summed E-state index contributed by atoms with van der Waals surface area (Å²) in [5.41, 5.74) is 1.85. The molecule has 2 aromatic rings. The van der Waals surface area contributed by atoms with Gasteiger partial charge in [-0.05, 0) is 37.1 Å². The molecule has 2 N–H and O–H groups in total. The molecule has 0 radical (unpaired) electrons. The van der Waals surface area contributed by atoms with Gasteiger partial charge in [-0.15, -0.1) is 0 Å². The van der Waals surface area contributed by atoms with Gasteiger partial charge in [0, 0.05) is 18.3 Å². The molecule has 2 heterocycles. The second-order valence-corrected chi connectivity index (χ2v) is 5.70. The van der Waals surface area contributed by atoms with Crippen LogP contribution in [0.3, 0.4) is 0 Å². The van der Waals surface area contributed by atoms with Gasteiger partial charge in [0.15, 0.2) is 0 Å². The summed E-state index contributed by atoms with van der Waals surface area (Å²) in [6, 6.07) is 7.43. The van der Waals surface area contributed by atoms with Gasteiger partial charge in [0.2, 0.25) is 0 Å². The number of benzene rings is 1. The van der Waals surface area contributed by atoms with Gasteiger partial charge in [-0.3, -0.25) is 5.10 Å². The fourth-order valence-corrected chi connectivity index (χ4v) is 3.09. The Hall–Kier alpha value is -2.70. The number of nitrogens with one attached hydrogen (secondary N) is 2. The van der Waals surface area contributed by atoms with Gasteiger partial charge in [0.1, 0.15) is 11.5 Å². The van der Waals surface area contributed by atoms with Gasteiger partial charge in [-0.2, -0.15) is 5.10 Å². The van der Waals surface area contributed by atoms with Gasteiger partial charge in [-0.1, -0.05) is 0 Å². The van der Waals surface area contributed by atoms with Crippen molar-refractivity contribution in [1.29, 1.82) is 0 Å². The Morgan fingerprint density at radius 3 is 2.96 bits per heavy atom. The van der Waals surface area contributed by atoms with Crippen LogP contribution in [0.2, 0.25) is 0 Å². The van der Waals surface area contributed by atoms with E-state index >= 15 is 0 Å². The Balaban J connectivity index is 1.76. The predicted octanol–water partition coefficient (Wildman–Crippen LogP) is 2.47. The highest BCUT2D eigenvalue weighted by molar-refractivity contribution is 5.75. The molecule has 0 bridgehead atoms. The van der Waals surface area contributed by atoms with Crippen molar-refractivity contribution in [2.45, 2.75) is 25.4 Å². The molecule has 1 atom stereocenters. The number of aromatic nitrogens is 2. The van der Waals surface area contributed by atoms with E-state index < -0.39 is 0 Å². The number of carbonyl (C=O) groups is 1. The fraction of sp³-hybridized carbons (Fsp3) is 0.412. The van der Waals surface area contributed by atoms with Crippen LogP contribution in [0.5, 0.6) is 11.5 Å². The molecule has 1 aliphatic rings. The van der Waals surface area contributed by atoms with E-state index in [0.717, 1.165) is 42.1 Å². The van der Waals surface area contributed by atoms with Crippen molar-refractivity contribution in [3.8, 4) is 11.5 Å². The summed E-state index contributed by atoms with van der Waals surface area (Å²) in [5, 5.41) is 9.66. The lowest BCUT2D eigenvalue weighted by atomic mass is 10.0. The number of urea groups is 1. The van der Waals surface area contributed by atoms with Gasteiger partial charge < -0.3 is 19.7 Å². The van der Waals surface area contributed by atoms with Gasteiger partial charge in [0.25, 0.3) is 0 Å². The Labute approximate surface area is 140 Å². The molecule has 128 valence electrons. The van der Waals surface area contributed by atoms with Crippen molar-refractivity contribution >= 4 is 6.03 Å². The van der Waals surface area contributed by atoms with E-state index in [1.165, 1.54) is 0 Å². The lowest BCUT2D eigenvalue weighted by Crippen LogP contribution is -2.39. The molecule has 7 heteroatoms. The molecule has 1 fully saturated rings. The average Bonchev–Trinajstić information content (AvgIpc) is 3.30. The first-order valence-corrected chi connectivity index (χ1v) is 7.97. The number of hydrogen-bond acceptors (Lipinski definition) is 4. The molecule has 1 saturated heterocycles. The fourth-order valence-electron chi connectivity index (χ4n) is 3.09. The van der Waals surface area contributed by atoms with Crippen molar-refractivity contribution in [2.24, 2.45) is 0 Å². The van der Waals surface area contributed by atoms with E-state index in [1.54, 1.807) is 20.4 Å². The molecule has 2 amide bonds. The molecule has 1 aromatic heterocycles. The van der Waals surface area contributed by atoms with E-state index in [-0.39, 0.29) is 12.1 Å². The summed E-state index contributed by atoms with van der Waals surface area (Å²) in [6.45, 7) is 1.15. The maximum Gasteiger partial charge on any atom is 0.318 e. The highest BCUT2D eigenvalue weighted by Crippen LogP contribution is 2.38. The van der Waals surface area contributed by atoms with E-state index in [4.69, 9.17) is 9.47 Å². The van der Waals surface area contributed by atoms with Crippen molar-refractivity contribution < 1.29 is 14.3 Å². The molecule has 24 heavy (non-hydrogen) atoms. The third-order valence-corrected chi connectivity index (χ3v) is 4.30. The monoisotopic (exact) mass is 330 g/mol. The Kier molecular flexibility index (Phi) is 4.88. The lowest BCUT2D eigenvalue weighted by molar-refractivity contribution is 0.191. The zero-order valence-corrected chi connectivity index (χ0v) is 13.9. The zero-order valence-electron chi connectivity index (χ0n) is 13.9. The zero-order chi connectivity index (χ0) is 16.9. The second-order valence-electron chi connectivity index (χ2n) is 5.70. The highest BCUT2D eigenvalue weighted by Gasteiger charge is 2.32. The third kappa shape index (κ3) is 3.29. The number of ether oxygens (including phenoxy) is 2. The van der Waals surface area contributed by atoms with E-state index in [0.29, 0.717) is 6.54 Å². The predicted molar refractivity (Wildman–Crippen MR) is 89.1 cm³/mol. The topological polar surface area (TPSA) is 79.5 Å². The SMILES string of the molecule is COc1ccc(OC)c(C2CCCN2C(=O)NCc2ccn[nH]2)c1. The third-order valence-electron chi connectivity index (χ3n) is 4.30. The summed E-state index contributed by atoms with van der Waals surface area (Å²) in [5.74, 6) is 1.53. The lowest BCUT2D eigenvalue weighted by Gasteiger charge is -2.26. The van der Waals surface area contributed by atoms with Gasteiger partial charge in [0.05, 0.1) is 32.5 Å². The second kappa shape index (κ2) is 7.25. The summed E-state index contributed by atoms with van der Waals surface area (Å²) in [7, 11) is 3.28. The average molecular weight is 330 g/mol. The van der Waals surface area contributed by atoms with Crippen molar-refractivity contribution in [2.75, 3.05) is 20.8 Å². The number of H-pyrrole nitrogens is 1. The molecular formula is C17H22N4O3. The summed E-state index contributed by atoms with van der Waals surface area (Å²) in [6.07, 6.45) is 3.53. The molecule has 0 aliphatic carbocycles. The standard InChI is InChI=1S/C17H22N4O3/c1-23-13-5-6-16(24-2)14(10-13)15-4-3-9-21(15)17(22)18-11-12-7-8-19-20-12/h5-8,10,15H,3-4,9,11H2,1-2H3,(H,18,22)(H,19,20). The van der Waals surface area contributed by atoms with Crippen molar-refractivity contribution in [1.82, 2.24) is 20.4 Å². The molecule has 3 rings (SSSR count). The van der Waals surface area contributed by atoms with Crippen LogP contribution in [-0.4, -0.2) is 41.9 Å². The molecule has 0 saturated carbocycles. The van der Waals surface area contributed by atoms with Crippen LogP contribution < -0.4 is 14.8 Å². The Morgan fingerprint density at radius 2 is 2.25 bits per heavy atom. The number of carbonyl (C=O) groups excluding carboxylic acids is 1. The van der Waals surface area contributed by atoms with Crippen LogP contribution in [0.25, 0.3) is 0 Å². The highest BCUT2D eigenvalue weighted by atomic mass is 16.5. The summed E-state index contributed by atoms with van der Waals surface area (Å²) in [4.78, 5) is 14.4. The molecular weight excluding hydrogens is 308 g/mol. The summed E-state index contributed by atoms with van der Waals surface area (Å²) < 4.78 is 10.8. The van der Waals surface area contributed by atoms with Crippen LogP contribution >= 0.6 is 0 Å². The van der Waals surface area contributed by atoms with Gasteiger partial charge >= 0.3 is 6.03 Å². The van der Waals surface area contributed by atoms with E-state index in [1.807, 2.05) is 29.2 Å². The minimum absolute atomic E-state index is 0.0168. The molecule has 1 aliphatic heterocycles. The number of methoxy groups -OCH3 is 2. The summed E-state index contributed by atoms with van der Waals surface area (Å²) >= 11 is 0. The Morgan fingerprint density at radius 1 is 1.38 bits per heavy atom. The smallest absolute Gasteiger partial charge is 0.318 e. The maximum absolute atomic E-state index is 12.6. The normalized spacial score (nSPS) is 16.9.